The van der Waals surface area contributed by atoms with Gasteiger partial charge in [-0.2, -0.15) is 0 Å². The van der Waals surface area contributed by atoms with Gasteiger partial charge in [0.05, 0.1) is 5.75 Å². The molecule has 1 rings (SSSR count). The van der Waals surface area contributed by atoms with E-state index in [4.69, 9.17) is 0 Å². The standard InChI is InChI=1S/C12H25NO2S/c1-4-16(14,15)9-11(3)13-8-12-7-5-6-10(12)2/h10-13H,4-9H2,1-3H3. The fourth-order valence-corrected chi connectivity index (χ4v) is 3.55. The summed E-state index contributed by atoms with van der Waals surface area (Å²) in [6.45, 7) is 6.95. The van der Waals surface area contributed by atoms with E-state index in [-0.39, 0.29) is 17.5 Å². The van der Waals surface area contributed by atoms with Crippen LogP contribution in [0.3, 0.4) is 0 Å². The van der Waals surface area contributed by atoms with Crippen molar-refractivity contribution in [2.45, 2.75) is 46.1 Å². The van der Waals surface area contributed by atoms with Crippen molar-refractivity contribution >= 4 is 9.84 Å². The summed E-state index contributed by atoms with van der Waals surface area (Å²) < 4.78 is 22.9. The Hall–Kier alpha value is -0.0900. The summed E-state index contributed by atoms with van der Waals surface area (Å²) >= 11 is 0. The summed E-state index contributed by atoms with van der Waals surface area (Å²) in [5.74, 6) is 2.05. The fourth-order valence-electron chi connectivity index (χ4n) is 2.44. The van der Waals surface area contributed by atoms with Crippen LogP contribution in [0.2, 0.25) is 0 Å². The Morgan fingerprint density at radius 2 is 2.06 bits per heavy atom. The van der Waals surface area contributed by atoms with Crippen LogP contribution in [0, 0.1) is 11.8 Å². The first kappa shape index (κ1) is 14.0. The third-order valence-electron chi connectivity index (χ3n) is 3.71. The van der Waals surface area contributed by atoms with Crippen molar-refractivity contribution in [2.75, 3.05) is 18.1 Å². The largest absolute Gasteiger partial charge is 0.313 e. The van der Waals surface area contributed by atoms with Crippen LogP contribution in [0.5, 0.6) is 0 Å². The summed E-state index contributed by atoms with van der Waals surface area (Å²) in [5, 5.41) is 3.37. The predicted octanol–water partition coefficient (Wildman–Crippen LogP) is 1.84. The zero-order chi connectivity index (χ0) is 12.2. The molecule has 0 aromatic heterocycles. The second kappa shape index (κ2) is 6.01. The summed E-state index contributed by atoms with van der Waals surface area (Å²) in [4.78, 5) is 0. The average Bonchev–Trinajstić information content (AvgIpc) is 2.60. The van der Waals surface area contributed by atoms with Gasteiger partial charge in [-0.3, -0.25) is 0 Å². The van der Waals surface area contributed by atoms with Crippen molar-refractivity contribution in [2.24, 2.45) is 11.8 Å². The molecule has 0 heterocycles. The molecular formula is C12H25NO2S. The second-order valence-electron chi connectivity index (χ2n) is 5.18. The first-order chi connectivity index (χ1) is 7.44. The highest BCUT2D eigenvalue weighted by molar-refractivity contribution is 7.91. The van der Waals surface area contributed by atoms with Crippen molar-refractivity contribution in [3.63, 3.8) is 0 Å². The molecule has 16 heavy (non-hydrogen) atoms. The van der Waals surface area contributed by atoms with E-state index in [1.807, 2.05) is 6.92 Å². The first-order valence-corrected chi connectivity index (χ1v) is 8.20. The number of hydrogen-bond donors (Lipinski definition) is 1. The summed E-state index contributed by atoms with van der Waals surface area (Å²) in [5.41, 5.74) is 0. The molecule has 3 atom stereocenters. The predicted molar refractivity (Wildman–Crippen MR) is 68.3 cm³/mol. The summed E-state index contributed by atoms with van der Waals surface area (Å²) in [6, 6.07) is 0.0812. The van der Waals surface area contributed by atoms with Gasteiger partial charge in [0.1, 0.15) is 0 Å². The van der Waals surface area contributed by atoms with Gasteiger partial charge in [-0.05, 0) is 31.7 Å². The van der Waals surface area contributed by atoms with Crippen LogP contribution < -0.4 is 5.32 Å². The summed E-state index contributed by atoms with van der Waals surface area (Å²) in [7, 11) is -2.84. The highest BCUT2D eigenvalue weighted by atomic mass is 32.2. The molecule has 1 fully saturated rings. The third kappa shape index (κ3) is 4.42. The van der Waals surface area contributed by atoms with Gasteiger partial charge in [0.25, 0.3) is 0 Å². The zero-order valence-corrected chi connectivity index (χ0v) is 11.5. The van der Waals surface area contributed by atoms with Gasteiger partial charge in [0, 0.05) is 11.8 Å². The van der Waals surface area contributed by atoms with Gasteiger partial charge >= 0.3 is 0 Å². The molecule has 3 unspecified atom stereocenters. The highest BCUT2D eigenvalue weighted by Gasteiger charge is 2.23. The monoisotopic (exact) mass is 247 g/mol. The van der Waals surface area contributed by atoms with E-state index in [1.165, 1.54) is 19.3 Å². The zero-order valence-electron chi connectivity index (χ0n) is 10.7. The molecule has 0 aromatic carbocycles. The molecule has 1 N–H and O–H groups in total. The SMILES string of the molecule is CCS(=O)(=O)CC(C)NCC1CCCC1C. The van der Waals surface area contributed by atoms with Gasteiger partial charge in [-0.1, -0.05) is 26.7 Å². The minimum absolute atomic E-state index is 0.0812. The second-order valence-corrected chi connectivity index (χ2v) is 7.57. The van der Waals surface area contributed by atoms with Crippen LogP contribution in [0.25, 0.3) is 0 Å². The van der Waals surface area contributed by atoms with Gasteiger partial charge in [0.2, 0.25) is 0 Å². The molecular weight excluding hydrogens is 222 g/mol. The van der Waals surface area contributed by atoms with E-state index in [9.17, 15) is 8.42 Å². The fraction of sp³-hybridized carbons (Fsp3) is 1.00. The van der Waals surface area contributed by atoms with Crippen LogP contribution in [0.4, 0.5) is 0 Å². The van der Waals surface area contributed by atoms with E-state index < -0.39 is 9.84 Å². The third-order valence-corrected chi connectivity index (χ3v) is 5.60. The lowest BCUT2D eigenvalue weighted by molar-refractivity contribution is 0.378. The van der Waals surface area contributed by atoms with Gasteiger partial charge in [-0.25, -0.2) is 8.42 Å². The van der Waals surface area contributed by atoms with Crippen LogP contribution in [0.15, 0.2) is 0 Å². The van der Waals surface area contributed by atoms with Crippen molar-refractivity contribution < 1.29 is 8.42 Å². The average molecular weight is 247 g/mol. The van der Waals surface area contributed by atoms with E-state index in [0.717, 1.165) is 18.4 Å². The Bertz CT molecular complexity index is 300. The molecule has 0 aliphatic heterocycles. The molecule has 3 nitrogen and oxygen atoms in total. The lowest BCUT2D eigenvalue weighted by atomic mass is 9.98. The van der Waals surface area contributed by atoms with Crippen LogP contribution >= 0.6 is 0 Å². The number of sulfone groups is 1. The Morgan fingerprint density at radius 3 is 2.56 bits per heavy atom. The minimum atomic E-state index is -2.84. The maximum atomic E-state index is 11.4. The Morgan fingerprint density at radius 1 is 1.38 bits per heavy atom. The Labute approximate surface area is 99.9 Å². The smallest absolute Gasteiger partial charge is 0.151 e. The van der Waals surface area contributed by atoms with Gasteiger partial charge < -0.3 is 5.32 Å². The van der Waals surface area contributed by atoms with Crippen molar-refractivity contribution in [1.82, 2.24) is 5.32 Å². The number of nitrogens with one attached hydrogen (secondary N) is 1. The normalized spacial score (nSPS) is 28.2. The van der Waals surface area contributed by atoms with Gasteiger partial charge in [0.15, 0.2) is 9.84 Å². The molecule has 0 amide bonds. The molecule has 0 bridgehead atoms. The molecule has 0 aromatic rings. The van der Waals surface area contributed by atoms with Crippen LogP contribution in [-0.4, -0.2) is 32.5 Å². The highest BCUT2D eigenvalue weighted by Crippen LogP contribution is 2.30. The number of hydrogen-bond acceptors (Lipinski definition) is 3. The maximum Gasteiger partial charge on any atom is 0.151 e. The Kier molecular flexibility index (Phi) is 5.25. The molecule has 0 radical (unpaired) electrons. The molecule has 1 aliphatic rings. The lowest BCUT2D eigenvalue weighted by Crippen LogP contribution is -2.37. The van der Waals surface area contributed by atoms with E-state index >= 15 is 0 Å². The molecule has 1 aliphatic carbocycles. The molecule has 0 spiro atoms. The molecule has 1 saturated carbocycles. The van der Waals surface area contributed by atoms with E-state index in [1.54, 1.807) is 6.92 Å². The molecule has 4 heteroatoms. The molecule has 96 valence electrons. The quantitative estimate of drug-likeness (QED) is 0.779. The Balaban J connectivity index is 2.27. The first-order valence-electron chi connectivity index (χ1n) is 6.38. The van der Waals surface area contributed by atoms with Crippen LogP contribution in [-0.2, 0) is 9.84 Å². The van der Waals surface area contributed by atoms with E-state index in [2.05, 4.69) is 12.2 Å². The minimum Gasteiger partial charge on any atom is -0.313 e. The van der Waals surface area contributed by atoms with Crippen molar-refractivity contribution in [1.29, 1.82) is 0 Å². The van der Waals surface area contributed by atoms with Crippen molar-refractivity contribution in [3.8, 4) is 0 Å². The van der Waals surface area contributed by atoms with E-state index in [0.29, 0.717) is 0 Å². The van der Waals surface area contributed by atoms with Crippen LogP contribution in [0.1, 0.15) is 40.0 Å². The molecule has 0 saturated heterocycles. The van der Waals surface area contributed by atoms with Crippen molar-refractivity contribution in [3.05, 3.63) is 0 Å². The van der Waals surface area contributed by atoms with Gasteiger partial charge in [-0.15, -0.1) is 0 Å². The summed E-state index contributed by atoms with van der Waals surface area (Å²) in [6.07, 6.45) is 3.95. The number of rotatable bonds is 6. The lowest BCUT2D eigenvalue weighted by Gasteiger charge is -2.19. The topological polar surface area (TPSA) is 46.2 Å². The maximum absolute atomic E-state index is 11.4.